The second-order valence-corrected chi connectivity index (χ2v) is 6.88. The molecule has 1 nitrogen and oxygen atoms in total. The Kier molecular flexibility index (Phi) is 2.72. The summed E-state index contributed by atoms with van der Waals surface area (Å²) in [5.74, 6) is 1.87. The first kappa shape index (κ1) is 13.1. The molecule has 1 fully saturated rings. The van der Waals surface area contributed by atoms with Gasteiger partial charge in [-0.05, 0) is 35.0 Å². The molecule has 0 N–H and O–H groups in total. The van der Waals surface area contributed by atoms with E-state index in [2.05, 4.69) is 48.6 Å². The molecule has 0 spiro atoms. The lowest BCUT2D eigenvalue weighted by Crippen LogP contribution is -2.21. The minimum absolute atomic E-state index is 0.162. The highest BCUT2D eigenvalue weighted by Crippen LogP contribution is 2.60. The van der Waals surface area contributed by atoms with Gasteiger partial charge in [0.2, 0.25) is 0 Å². The molecule has 112 valence electrons. The number of ketones is 1. The van der Waals surface area contributed by atoms with Gasteiger partial charge in [0, 0.05) is 17.4 Å². The monoisotopic (exact) mass is 298 g/mol. The highest BCUT2D eigenvalue weighted by molar-refractivity contribution is 6.33. The van der Waals surface area contributed by atoms with Crippen molar-refractivity contribution in [2.24, 2.45) is 23.7 Å². The number of Topliss-reactive ketones (excluding diaryl/α,β-unsaturated/α-hetero) is 1. The maximum atomic E-state index is 13.3. The molecule has 0 aromatic heterocycles. The zero-order valence-electron chi connectivity index (χ0n) is 12.9. The van der Waals surface area contributed by atoms with E-state index in [4.69, 9.17) is 0 Å². The molecule has 2 bridgehead atoms. The van der Waals surface area contributed by atoms with E-state index < -0.39 is 0 Å². The molecule has 3 aliphatic rings. The molecule has 0 heterocycles. The minimum Gasteiger partial charge on any atom is -0.294 e. The fraction of sp³-hybridized carbons (Fsp3) is 0.227. The van der Waals surface area contributed by atoms with Gasteiger partial charge in [0.05, 0.1) is 0 Å². The third-order valence-corrected chi connectivity index (χ3v) is 5.76. The van der Waals surface area contributed by atoms with Crippen molar-refractivity contribution in [3.8, 4) is 0 Å². The molecule has 4 atom stereocenters. The summed E-state index contributed by atoms with van der Waals surface area (Å²) < 4.78 is 0. The van der Waals surface area contributed by atoms with E-state index in [0.29, 0.717) is 23.5 Å². The molecule has 23 heavy (non-hydrogen) atoms. The fourth-order valence-corrected chi connectivity index (χ4v) is 4.90. The van der Waals surface area contributed by atoms with E-state index >= 15 is 0 Å². The van der Waals surface area contributed by atoms with Crippen molar-refractivity contribution in [1.29, 1.82) is 0 Å². The van der Waals surface area contributed by atoms with Crippen LogP contribution in [0.25, 0.3) is 11.1 Å². The summed E-state index contributed by atoms with van der Waals surface area (Å²) in [4.78, 5) is 13.3. The van der Waals surface area contributed by atoms with Crippen molar-refractivity contribution in [3.63, 3.8) is 0 Å². The van der Waals surface area contributed by atoms with Gasteiger partial charge in [-0.15, -0.1) is 0 Å². The first-order chi connectivity index (χ1) is 11.3. The van der Waals surface area contributed by atoms with E-state index in [1.165, 1.54) is 11.1 Å². The maximum Gasteiger partial charge on any atom is 0.168 e. The predicted octanol–water partition coefficient (Wildman–Crippen LogP) is 4.62. The van der Waals surface area contributed by atoms with E-state index in [1.807, 2.05) is 24.3 Å². The van der Waals surface area contributed by atoms with Gasteiger partial charge in [-0.3, -0.25) is 4.79 Å². The number of hydrogen-bond acceptors (Lipinski definition) is 1. The largest absolute Gasteiger partial charge is 0.294 e. The van der Waals surface area contributed by atoms with Crippen LogP contribution in [-0.2, 0) is 4.79 Å². The average molecular weight is 298 g/mol. The highest BCUT2D eigenvalue weighted by Gasteiger charge is 2.55. The Morgan fingerprint density at radius 1 is 0.696 bits per heavy atom. The summed E-state index contributed by atoms with van der Waals surface area (Å²) in [6.07, 6.45) is 5.77. The molecule has 5 rings (SSSR count). The molecule has 0 unspecified atom stereocenters. The van der Waals surface area contributed by atoms with Gasteiger partial charge in [-0.2, -0.15) is 0 Å². The zero-order chi connectivity index (χ0) is 15.4. The number of rotatable bonds is 2. The molecule has 2 aromatic carbocycles. The quantitative estimate of drug-likeness (QED) is 0.739. The molecule has 3 aliphatic carbocycles. The Morgan fingerprint density at radius 2 is 1.26 bits per heavy atom. The standard InChI is InChI=1S/C22H18O/c23-22-20(15-9-5-2-6-10-15)18(14-7-3-1-4-8-14)19-16-11-12-17(13-16)21(19)22/h1-12,16-17,19,21H,13H2/t16-,17+,19-,21-/m1/s1. The zero-order valence-corrected chi connectivity index (χ0v) is 12.9. The van der Waals surface area contributed by atoms with Crippen molar-refractivity contribution in [1.82, 2.24) is 0 Å². The summed E-state index contributed by atoms with van der Waals surface area (Å²) in [6.45, 7) is 0. The lowest BCUT2D eigenvalue weighted by molar-refractivity contribution is -0.117. The van der Waals surface area contributed by atoms with Crippen LogP contribution in [-0.4, -0.2) is 5.78 Å². The third kappa shape index (κ3) is 1.77. The van der Waals surface area contributed by atoms with Crippen LogP contribution in [0.5, 0.6) is 0 Å². The van der Waals surface area contributed by atoms with Crippen LogP contribution >= 0.6 is 0 Å². The lowest BCUT2D eigenvalue weighted by atomic mass is 9.80. The summed E-state index contributed by atoms with van der Waals surface area (Å²) in [6, 6.07) is 20.7. The van der Waals surface area contributed by atoms with Crippen LogP contribution in [0.3, 0.4) is 0 Å². The van der Waals surface area contributed by atoms with Crippen molar-refractivity contribution < 1.29 is 4.79 Å². The molecule has 0 amide bonds. The fourth-order valence-electron chi connectivity index (χ4n) is 4.90. The molecular formula is C22H18O. The average Bonchev–Trinajstić information content (AvgIpc) is 3.29. The molecule has 2 aromatic rings. The second-order valence-electron chi connectivity index (χ2n) is 6.88. The van der Waals surface area contributed by atoms with E-state index in [1.54, 1.807) is 0 Å². The Hall–Kier alpha value is -2.41. The van der Waals surface area contributed by atoms with Crippen LogP contribution in [0.4, 0.5) is 0 Å². The smallest absolute Gasteiger partial charge is 0.168 e. The number of fused-ring (bicyclic) bond motifs is 5. The number of hydrogen-bond donors (Lipinski definition) is 0. The van der Waals surface area contributed by atoms with Crippen LogP contribution in [0.15, 0.2) is 72.8 Å². The first-order valence-corrected chi connectivity index (χ1v) is 8.42. The van der Waals surface area contributed by atoms with E-state index in [9.17, 15) is 4.79 Å². The predicted molar refractivity (Wildman–Crippen MR) is 92.4 cm³/mol. The Morgan fingerprint density at radius 3 is 1.91 bits per heavy atom. The summed E-state index contributed by atoms with van der Waals surface area (Å²) >= 11 is 0. The van der Waals surface area contributed by atoms with Gasteiger partial charge < -0.3 is 0 Å². The minimum atomic E-state index is 0.162. The van der Waals surface area contributed by atoms with Crippen molar-refractivity contribution >= 4 is 16.9 Å². The molecular weight excluding hydrogens is 280 g/mol. The van der Waals surface area contributed by atoms with Gasteiger partial charge in [0.1, 0.15) is 0 Å². The molecule has 0 saturated heterocycles. The highest BCUT2D eigenvalue weighted by atomic mass is 16.1. The van der Waals surface area contributed by atoms with Crippen molar-refractivity contribution in [2.75, 3.05) is 0 Å². The first-order valence-electron chi connectivity index (χ1n) is 8.42. The molecule has 1 saturated carbocycles. The van der Waals surface area contributed by atoms with Gasteiger partial charge in [0.25, 0.3) is 0 Å². The Bertz CT molecular complexity index is 829. The molecule has 0 aliphatic heterocycles. The lowest BCUT2D eigenvalue weighted by Gasteiger charge is -2.22. The topological polar surface area (TPSA) is 17.1 Å². The summed E-state index contributed by atoms with van der Waals surface area (Å²) in [7, 11) is 0. The van der Waals surface area contributed by atoms with Crippen molar-refractivity contribution in [3.05, 3.63) is 83.9 Å². The number of carbonyl (C=O) groups is 1. The van der Waals surface area contributed by atoms with Crippen LogP contribution in [0, 0.1) is 23.7 Å². The molecule has 1 heteroatoms. The van der Waals surface area contributed by atoms with Gasteiger partial charge >= 0.3 is 0 Å². The van der Waals surface area contributed by atoms with E-state index in [-0.39, 0.29) is 5.92 Å². The third-order valence-electron chi connectivity index (χ3n) is 5.76. The SMILES string of the molecule is O=C1C(c2ccccc2)=C(c2ccccc2)[C@@H]2[C@H]1[C@H]1C=C[C@@H]2C1. The number of benzene rings is 2. The Balaban J connectivity index is 1.76. The van der Waals surface area contributed by atoms with Crippen LogP contribution < -0.4 is 0 Å². The summed E-state index contributed by atoms with van der Waals surface area (Å²) in [5.41, 5.74) is 4.53. The van der Waals surface area contributed by atoms with Crippen molar-refractivity contribution in [2.45, 2.75) is 6.42 Å². The Labute approximate surface area is 136 Å². The van der Waals surface area contributed by atoms with Crippen LogP contribution in [0.1, 0.15) is 17.5 Å². The number of allylic oxidation sites excluding steroid dienone is 4. The number of carbonyl (C=O) groups excluding carboxylic acids is 1. The maximum absolute atomic E-state index is 13.3. The van der Waals surface area contributed by atoms with Gasteiger partial charge in [-0.25, -0.2) is 0 Å². The molecule has 0 radical (unpaired) electrons. The second kappa shape index (κ2) is 4.79. The summed E-state index contributed by atoms with van der Waals surface area (Å²) in [5, 5.41) is 0. The van der Waals surface area contributed by atoms with E-state index in [0.717, 1.165) is 17.6 Å². The van der Waals surface area contributed by atoms with Gasteiger partial charge in [-0.1, -0.05) is 72.8 Å². The van der Waals surface area contributed by atoms with Crippen LogP contribution in [0.2, 0.25) is 0 Å². The normalized spacial score (nSPS) is 31.0. The van der Waals surface area contributed by atoms with Gasteiger partial charge in [0.15, 0.2) is 5.78 Å².